The lowest BCUT2D eigenvalue weighted by molar-refractivity contribution is -0.0391. The van der Waals surface area contributed by atoms with E-state index in [0.29, 0.717) is 6.23 Å². The largest absolute Gasteiger partial charge is 0.363 e. The van der Waals surface area contributed by atoms with Gasteiger partial charge in [-0.2, -0.15) is 0 Å². The molecule has 3 heteroatoms. The fourth-order valence-corrected chi connectivity index (χ4v) is 3.50. The Kier molecular flexibility index (Phi) is 24.8. The van der Waals surface area contributed by atoms with Crippen LogP contribution in [0.15, 0.2) is 0 Å². The van der Waals surface area contributed by atoms with Gasteiger partial charge in [-0.25, -0.2) is 0 Å². The van der Waals surface area contributed by atoms with Crippen molar-refractivity contribution in [3.63, 3.8) is 0 Å². The number of hydrogen-bond donors (Lipinski definition) is 1. The lowest BCUT2D eigenvalue weighted by atomic mass is 10.0. The van der Waals surface area contributed by atoms with Crippen LogP contribution in [0.25, 0.3) is 0 Å². The number of hydrogen-bond acceptors (Lipinski definition) is 3. The monoisotopic (exact) mass is 372 g/mol. The fourth-order valence-electron chi connectivity index (χ4n) is 3.50. The van der Waals surface area contributed by atoms with Gasteiger partial charge in [-0.3, -0.25) is 4.90 Å². The van der Waals surface area contributed by atoms with Crippen LogP contribution in [0.2, 0.25) is 0 Å². The summed E-state index contributed by atoms with van der Waals surface area (Å²) >= 11 is 0. The summed E-state index contributed by atoms with van der Waals surface area (Å²) in [6, 6.07) is 0. The molecule has 0 amide bonds. The molecule has 0 rings (SSSR count). The summed E-state index contributed by atoms with van der Waals surface area (Å²) in [5.41, 5.74) is 0. The van der Waals surface area contributed by atoms with Gasteiger partial charge in [-0.15, -0.1) is 0 Å². The highest BCUT2D eigenvalue weighted by Gasteiger charge is 2.07. The quantitative estimate of drug-likeness (QED) is 0.176. The van der Waals surface area contributed by atoms with E-state index >= 15 is 0 Å². The van der Waals surface area contributed by atoms with E-state index in [0.717, 1.165) is 13.0 Å². The first-order chi connectivity index (χ1) is 12.2. The van der Waals surface area contributed by atoms with Gasteiger partial charge in [0, 0.05) is 6.61 Å². The molecule has 0 saturated carbocycles. The molecule has 0 aromatic heterocycles. The van der Waals surface area contributed by atoms with Crippen molar-refractivity contribution in [1.29, 1.82) is 0 Å². The second-order valence-electron chi connectivity index (χ2n) is 8.00. The second-order valence-corrected chi connectivity index (χ2v) is 8.00. The SMILES string of the molecule is CCCCCCCCCCCCCCCCCCOC(CC)N(C)C.N. The topological polar surface area (TPSA) is 47.5 Å². The Balaban J connectivity index is 0. The Labute approximate surface area is 166 Å². The van der Waals surface area contributed by atoms with E-state index in [2.05, 4.69) is 32.8 Å². The average molecular weight is 373 g/mol. The lowest BCUT2D eigenvalue weighted by Crippen LogP contribution is -2.30. The number of nitrogens with zero attached hydrogens (tertiary/aromatic N) is 1. The van der Waals surface area contributed by atoms with Crippen molar-refractivity contribution in [3.05, 3.63) is 0 Å². The first-order valence-corrected chi connectivity index (χ1v) is 11.5. The molecule has 0 spiro atoms. The highest BCUT2D eigenvalue weighted by Crippen LogP contribution is 2.14. The van der Waals surface area contributed by atoms with Crippen LogP contribution in [0.1, 0.15) is 123 Å². The summed E-state index contributed by atoms with van der Waals surface area (Å²) in [5.74, 6) is 0. The minimum Gasteiger partial charge on any atom is -0.363 e. The van der Waals surface area contributed by atoms with E-state index in [-0.39, 0.29) is 6.15 Å². The molecular formula is C23H52N2O. The van der Waals surface area contributed by atoms with Crippen LogP contribution in [-0.2, 0) is 4.74 Å². The molecule has 3 N–H and O–H groups in total. The first kappa shape index (κ1) is 28.1. The Morgan fingerprint density at radius 1 is 0.577 bits per heavy atom. The predicted molar refractivity (Wildman–Crippen MR) is 118 cm³/mol. The van der Waals surface area contributed by atoms with Crippen molar-refractivity contribution < 1.29 is 4.74 Å². The molecule has 0 aliphatic heterocycles. The van der Waals surface area contributed by atoms with Crippen LogP contribution in [0.5, 0.6) is 0 Å². The van der Waals surface area contributed by atoms with Crippen molar-refractivity contribution >= 4 is 0 Å². The van der Waals surface area contributed by atoms with Gasteiger partial charge in [-0.05, 0) is 26.9 Å². The van der Waals surface area contributed by atoms with Crippen LogP contribution >= 0.6 is 0 Å². The average Bonchev–Trinajstić information content (AvgIpc) is 2.60. The van der Waals surface area contributed by atoms with Gasteiger partial charge in [0.2, 0.25) is 0 Å². The summed E-state index contributed by atoms with van der Waals surface area (Å²) in [6.45, 7) is 5.41. The minimum atomic E-state index is 0. The fraction of sp³-hybridized carbons (Fsp3) is 1.00. The molecule has 0 bridgehead atoms. The highest BCUT2D eigenvalue weighted by molar-refractivity contribution is 4.52. The number of rotatable bonds is 20. The first-order valence-electron chi connectivity index (χ1n) is 11.5. The summed E-state index contributed by atoms with van der Waals surface area (Å²) in [4.78, 5) is 2.17. The molecule has 1 atom stereocenters. The van der Waals surface area contributed by atoms with E-state index in [9.17, 15) is 0 Å². The van der Waals surface area contributed by atoms with Crippen molar-refractivity contribution in [3.8, 4) is 0 Å². The summed E-state index contributed by atoms with van der Waals surface area (Å²) in [5, 5.41) is 0. The molecule has 0 fully saturated rings. The number of unbranched alkanes of at least 4 members (excludes halogenated alkanes) is 15. The van der Waals surface area contributed by atoms with E-state index in [1.807, 2.05) is 0 Å². The minimum absolute atomic E-state index is 0. The van der Waals surface area contributed by atoms with E-state index in [1.165, 1.54) is 103 Å². The van der Waals surface area contributed by atoms with Gasteiger partial charge < -0.3 is 10.9 Å². The molecule has 0 saturated heterocycles. The zero-order valence-electron chi connectivity index (χ0n) is 18.9. The third-order valence-electron chi connectivity index (χ3n) is 5.23. The third kappa shape index (κ3) is 20.2. The molecule has 0 aliphatic rings. The van der Waals surface area contributed by atoms with Gasteiger partial charge in [-0.1, -0.05) is 110 Å². The zero-order chi connectivity index (χ0) is 18.6. The molecule has 1 unspecified atom stereocenters. The number of ether oxygens (including phenoxy) is 1. The van der Waals surface area contributed by atoms with Crippen molar-refractivity contribution in [2.24, 2.45) is 0 Å². The third-order valence-corrected chi connectivity index (χ3v) is 5.23. The lowest BCUT2D eigenvalue weighted by Gasteiger charge is -2.23. The Bertz CT molecular complexity index is 246. The van der Waals surface area contributed by atoms with E-state index in [1.54, 1.807) is 0 Å². The molecule has 0 heterocycles. The van der Waals surface area contributed by atoms with E-state index < -0.39 is 0 Å². The van der Waals surface area contributed by atoms with E-state index in [4.69, 9.17) is 4.74 Å². The van der Waals surface area contributed by atoms with Crippen molar-refractivity contribution in [1.82, 2.24) is 11.1 Å². The highest BCUT2D eigenvalue weighted by atomic mass is 16.5. The van der Waals surface area contributed by atoms with Crippen molar-refractivity contribution in [2.45, 2.75) is 129 Å². The molecule has 26 heavy (non-hydrogen) atoms. The molecule has 0 aromatic rings. The van der Waals surface area contributed by atoms with Gasteiger partial charge in [0.1, 0.15) is 6.23 Å². The second kappa shape index (κ2) is 22.9. The van der Waals surface area contributed by atoms with Crippen LogP contribution in [0, 0.1) is 0 Å². The molecule has 0 aliphatic carbocycles. The Morgan fingerprint density at radius 3 is 1.23 bits per heavy atom. The molecule has 3 nitrogen and oxygen atoms in total. The maximum absolute atomic E-state index is 5.90. The summed E-state index contributed by atoms with van der Waals surface area (Å²) in [6.07, 6.45) is 24.2. The molecule has 0 radical (unpaired) electrons. The van der Waals surface area contributed by atoms with Crippen LogP contribution in [0.3, 0.4) is 0 Å². The van der Waals surface area contributed by atoms with Crippen LogP contribution in [0.4, 0.5) is 0 Å². The van der Waals surface area contributed by atoms with Gasteiger partial charge in [0.15, 0.2) is 0 Å². The zero-order valence-corrected chi connectivity index (χ0v) is 18.9. The maximum atomic E-state index is 5.90. The smallest absolute Gasteiger partial charge is 0.109 e. The molecule has 0 aromatic carbocycles. The Hall–Kier alpha value is -0.120. The maximum Gasteiger partial charge on any atom is 0.109 e. The van der Waals surface area contributed by atoms with Gasteiger partial charge in [0.25, 0.3) is 0 Å². The van der Waals surface area contributed by atoms with Crippen LogP contribution < -0.4 is 6.15 Å². The normalized spacial score (nSPS) is 12.3. The van der Waals surface area contributed by atoms with Crippen molar-refractivity contribution in [2.75, 3.05) is 20.7 Å². The standard InChI is InChI=1S/C23H49NO.H3N/c1-5-7-8-9-10-11-12-13-14-15-16-17-18-19-20-21-22-25-23(6-2)24(3)4;/h23H,5-22H2,1-4H3;1H3. The van der Waals surface area contributed by atoms with Gasteiger partial charge >= 0.3 is 0 Å². The van der Waals surface area contributed by atoms with Gasteiger partial charge in [0.05, 0.1) is 0 Å². The summed E-state index contributed by atoms with van der Waals surface area (Å²) in [7, 11) is 4.20. The molecular weight excluding hydrogens is 320 g/mol. The van der Waals surface area contributed by atoms with Crippen LogP contribution in [-0.4, -0.2) is 31.8 Å². The Morgan fingerprint density at radius 2 is 0.923 bits per heavy atom. The predicted octanol–water partition coefficient (Wildman–Crippen LogP) is 7.72. The summed E-state index contributed by atoms with van der Waals surface area (Å²) < 4.78 is 5.90. The molecule has 160 valence electrons.